The van der Waals surface area contributed by atoms with Gasteiger partial charge in [0.15, 0.2) is 0 Å². The lowest BCUT2D eigenvalue weighted by atomic mass is 10.0. The number of nitrogens with one attached hydrogen (secondary N) is 1. The van der Waals surface area contributed by atoms with Crippen LogP contribution in [0.1, 0.15) is 29.7 Å². The Labute approximate surface area is 96.8 Å². The highest BCUT2D eigenvalue weighted by Gasteiger charge is 2.15. The van der Waals surface area contributed by atoms with Gasteiger partial charge in [0.1, 0.15) is 0 Å². The summed E-state index contributed by atoms with van der Waals surface area (Å²) in [6.07, 6.45) is 0. The molecule has 2 rings (SSSR count). The molecule has 0 aliphatic carbocycles. The Kier molecular flexibility index (Phi) is 3.93. The molecule has 0 radical (unpaired) electrons. The van der Waals surface area contributed by atoms with E-state index in [0.29, 0.717) is 6.61 Å². The van der Waals surface area contributed by atoms with Crippen LogP contribution in [-0.4, -0.2) is 20.3 Å². The summed E-state index contributed by atoms with van der Waals surface area (Å²) in [5, 5.41) is 3.43. The molecule has 1 aliphatic heterocycles. The number of fused-ring (bicyclic) bond motifs is 1. The molecule has 0 amide bonds. The van der Waals surface area contributed by atoms with Crippen molar-refractivity contribution in [3.63, 3.8) is 0 Å². The molecule has 0 bridgehead atoms. The second kappa shape index (κ2) is 5.43. The lowest BCUT2D eigenvalue weighted by Gasteiger charge is -2.18. The van der Waals surface area contributed by atoms with Crippen LogP contribution in [0, 0.1) is 0 Å². The zero-order valence-corrected chi connectivity index (χ0v) is 9.95. The maximum Gasteiger partial charge on any atom is 0.0725 e. The molecule has 1 atom stereocenters. The monoisotopic (exact) mass is 221 g/mol. The molecule has 0 fully saturated rings. The third-order valence-electron chi connectivity index (χ3n) is 2.93. The minimum atomic E-state index is 0.279. The van der Waals surface area contributed by atoms with E-state index in [2.05, 4.69) is 30.4 Å². The highest BCUT2D eigenvalue weighted by Crippen LogP contribution is 2.24. The van der Waals surface area contributed by atoms with E-state index in [1.54, 1.807) is 7.11 Å². The van der Waals surface area contributed by atoms with Gasteiger partial charge in [-0.25, -0.2) is 0 Å². The molecule has 0 saturated carbocycles. The molecule has 0 spiro atoms. The predicted octanol–water partition coefficient (Wildman–Crippen LogP) is 2.01. The summed E-state index contributed by atoms with van der Waals surface area (Å²) >= 11 is 0. The van der Waals surface area contributed by atoms with Crippen LogP contribution in [0.5, 0.6) is 0 Å². The number of methoxy groups -OCH3 is 1. The molecule has 1 heterocycles. The van der Waals surface area contributed by atoms with E-state index in [4.69, 9.17) is 9.47 Å². The van der Waals surface area contributed by atoms with Gasteiger partial charge in [0.05, 0.1) is 25.9 Å². The van der Waals surface area contributed by atoms with Crippen molar-refractivity contribution in [2.24, 2.45) is 0 Å². The summed E-state index contributed by atoms with van der Waals surface area (Å²) in [5.41, 5.74) is 3.92. The molecule has 0 saturated heterocycles. The van der Waals surface area contributed by atoms with Crippen molar-refractivity contribution in [2.45, 2.75) is 26.2 Å². The van der Waals surface area contributed by atoms with Crippen LogP contribution >= 0.6 is 0 Å². The Hall–Kier alpha value is -0.900. The molecule has 0 aromatic heterocycles. The fourth-order valence-electron chi connectivity index (χ4n) is 2.09. The standard InChI is InChI=1S/C13H19NO2/c1-3-14-13(9-15-2)10-4-5-11-7-16-8-12(11)6-10/h4-6,13-14H,3,7-9H2,1-2H3. The van der Waals surface area contributed by atoms with E-state index < -0.39 is 0 Å². The average molecular weight is 221 g/mol. The maximum absolute atomic E-state index is 5.42. The first kappa shape index (κ1) is 11.6. The molecule has 16 heavy (non-hydrogen) atoms. The Bertz CT molecular complexity index is 346. The topological polar surface area (TPSA) is 30.5 Å². The molecule has 1 aromatic carbocycles. The van der Waals surface area contributed by atoms with E-state index in [1.807, 2.05) is 0 Å². The van der Waals surface area contributed by atoms with Gasteiger partial charge in [0.25, 0.3) is 0 Å². The molecular formula is C13H19NO2. The van der Waals surface area contributed by atoms with E-state index in [9.17, 15) is 0 Å². The number of hydrogen-bond acceptors (Lipinski definition) is 3. The first-order valence-corrected chi connectivity index (χ1v) is 5.77. The van der Waals surface area contributed by atoms with Crippen molar-refractivity contribution in [2.75, 3.05) is 20.3 Å². The van der Waals surface area contributed by atoms with Crippen LogP contribution < -0.4 is 5.32 Å². The van der Waals surface area contributed by atoms with Gasteiger partial charge in [0, 0.05) is 7.11 Å². The summed E-state index contributed by atoms with van der Waals surface area (Å²) < 4.78 is 10.7. The van der Waals surface area contributed by atoms with Crippen LogP contribution in [-0.2, 0) is 22.7 Å². The van der Waals surface area contributed by atoms with Crippen LogP contribution in [0.3, 0.4) is 0 Å². The minimum Gasteiger partial charge on any atom is -0.383 e. The normalized spacial score (nSPS) is 16.1. The van der Waals surface area contributed by atoms with Crippen LogP contribution in [0.15, 0.2) is 18.2 Å². The summed E-state index contributed by atoms with van der Waals surface area (Å²) in [5.74, 6) is 0. The second-order valence-corrected chi connectivity index (χ2v) is 4.09. The van der Waals surface area contributed by atoms with Gasteiger partial charge >= 0.3 is 0 Å². The summed E-state index contributed by atoms with van der Waals surface area (Å²) in [7, 11) is 1.74. The molecular weight excluding hydrogens is 202 g/mol. The lowest BCUT2D eigenvalue weighted by molar-refractivity contribution is 0.134. The van der Waals surface area contributed by atoms with Crippen molar-refractivity contribution >= 4 is 0 Å². The summed E-state index contributed by atoms with van der Waals surface area (Å²) in [4.78, 5) is 0. The number of hydrogen-bond donors (Lipinski definition) is 1. The van der Waals surface area contributed by atoms with Crippen LogP contribution in [0.25, 0.3) is 0 Å². The van der Waals surface area contributed by atoms with Gasteiger partial charge < -0.3 is 14.8 Å². The van der Waals surface area contributed by atoms with Crippen molar-refractivity contribution in [3.05, 3.63) is 34.9 Å². The van der Waals surface area contributed by atoms with Gasteiger partial charge in [-0.2, -0.15) is 0 Å². The largest absolute Gasteiger partial charge is 0.383 e. The van der Waals surface area contributed by atoms with Gasteiger partial charge in [-0.1, -0.05) is 25.1 Å². The number of likely N-dealkylation sites (N-methyl/N-ethyl adjacent to an activating group) is 1. The fourth-order valence-corrected chi connectivity index (χ4v) is 2.09. The molecule has 1 aliphatic rings. The molecule has 3 heteroatoms. The lowest BCUT2D eigenvalue weighted by Crippen LogP contribution is -2.25. The average Bonchev–Trinajstić information content (AvgIpc) is 2.75. The van der Waals surface area contributed by atoms with Gasteiger partial charge in [-0.15, -0.1) is 0 Å². The fraction of sp³-hybridized carbons (Fsp3) is 0.538. The highest BCUT2D eigenvalue weighted by molar-refractivity contribution is 5.34. The zero-order valence-electron chi connectivity index (χ0n) is 9.95. The Morgan fingerprint density at radius 2 is 2.19 bits per heavy atom. The van der Waals surface area contributed by atoms with Gasteiger partial charge in [-0.05, 0) is 23.2 Å². The molecule has 1 N–H and O–H groups in total. The SMILES string of the molecule is CCNC(COC)c1ccc2c(c1)COC2. The van der Waals surface area contributed by atoms with Crippen LogP contribution in [0.4, 0.5) is 0 Å². The van der Waals surface area contributed by atoms with Gasteiger partial charge in [0.2, 0.25) is 0 Å². The van der Waals surface area contributed by atoms with Crippen molar-refractivity contribution in [3.8, 4) is 0 Å². The summed E-state index contributed by atoms with van der Waals surface area (Å²) in [6, 6.07) is 6.84. The summed E-state index contributed by atoms with van der Waals surface area (Å²) in [6.45, 7) is 5.26. The molecule has 3 nitrogen and oxygen atoms in total. The van der Waals surface area contributed by atoms with Crippen molar-refractivity contribution in [1.82, 2.24) is 5.32 Å². The maximum atomic E-state index is 5.42. The number of benzene rings is 1. The quantitative estimate of drug-likeness (QED) is 0.825. The zero-order chi connectivity index (χ0) is 11.4. The number of rotatable bonds is 5. The Morgan fingerprint density at radius 1 is 1.38 bits per heavy atom. The molecule has 88 valence electrons. The third kappa shape index (κ3) is 2.43. The Morgan fingerprint density at radius 3 is 2.94 bits per heavy atom. The van der Waals surface area contributed by atoms with Gasteiger partial charge in [-0.3, -0.25) is 0 Å². The first-order chi connectivity index (χ1) is 7.85. The molecule has 1 unspecified atom stereocenters. The third-order valence-corrected chi connectivity index (χ3v) is 2.93. The minimum absolute atomic E-state index is 0.279. The van der Waals surface area contributed by atoms with E-state index in [-0.39, 0.29) is 6.04 Å². The smallest absolute Gasteiger partial charge is 0.0725 e. The Balaban J connectivity index is 2.17. The van der Waals surface area contributed by atoms with E-state index >= 15 is 0 Å². The van der Waals surface area contributed by atoms with Crippen molar-refractivity contribution in [1.29, 1.82) is 0 Å². The first-order valence-electron chi connectivity index (χ1n) is 5.77. The van der Waals surface area contributed by atoms with E-state index in [0.717, 1.165) is 19.8 Å². The van der Waals surface area contributed by atoms with Crippen molar-refractivity contribution < 1.29 is 9.47 Å². The highest BCUT2D eigenvalue weighted by atomic mass is 16.5. The predicted molar refractivity (Wildman–Crippen MR) is 63.2 cm³/mol. The number of ether oxygens (including phenoxy) is 2. The van der Waals surface area contributed by atoms with E-state index in [1.165, 1.54) is 16.7 Å². The second-order valence-electron chi connectivity index (χ2n) is 4.09. The van der Waals surface area contributed by atoms with Crippen LogP contribution in [0.2, 0.25) is 0 Å². The molecule has 1 aromatic rings.